The molecule has 10 nitrogen and oxygen atoms in total. The Morgan fingerprint density at radius 1 is 1.15 bits per heavy atom. The number of nitrogens with zero attached hydrogens (tertiary/aromatic N) is 4. The molecule has 0 bridgehead atoms. The summed E-state index contributed by atoms with van der Waals surface area (Å²) in [5, 5.41) is 15.9. The summed E-state index contributed by atoms with van der Waals surface area (Å²) in [5.41, 5.74) is -0.0364. The Morgan fingerprint density at radius 3 is 2.52 bits per heavy atom. The van der Waals surface area contributed by atoms with Gasteiger partial charge in [-0.25, -0.2) is 22.9 Å². The number of carbonyl (C=O) groups is 1. The molecule has 0 unspecified atom stereocenters. The molecule has 3 N–H and O–H groups in total. The van der Waals surface area contributed by atoms with Crippen LogP contribution in [0.1, 0.15) is 10.4 Å². The van der Waals surface area contributed by atoms with Gasteiger partial charge in [0.2, 0.25) is 10.0 Å². The molecule has 1 aromatic carbocycles. The minimum Gasteiger partial charge on any atom is -0.350 e. The van der Waals surface area contributed by atoms with Crippen LogP contribution in [0.2, 0.25) is 0 Å². The lowest BCUT2D eigenvalue weighted by Crippen LogP contribution is -2.32. The molecular weight excluding hydrogens is 372 g/mol. The Kier molecular flexibility index (Phi) is 5.14. The van der Waals surface area contributed by atoms with Crippen LogP contribution >= 0.6 is 0 Å². The van der Waals surface area contributed by atoms with Crippen molar-refractivity contribution in [2.75, 3.05) is 6.54 Å². The SMILES string of the molecule is NS(=O)(=O)c1ccc(C(=O)NCCn2nc(-n3cccn3)ccc2=O)cc1. The summed E-state index contributed by atoms with van der Waals surface area (Å²) in [7, 11) is -3.81. The summed E-state index contributed by atoms with van der Waals surface area (Å²) in [6, 6.07) is 9.89. The number of hydrogen-bond acceptors (Lipinski definition) is 6. The molecule has 2 heterocycles. The first-order valence-corrected chi connectivity index (χ1v) is 9.38. The highest BCUT2D eigenvalue weighted by Gasteiger charge is 2.10. The van der Waals surface area contributed by atoms with Crippen LogP contribution in [0.3, 0.4) is 0 Å². The molecular formula is C16H16N6O4S. The van der Waals surface area contributed by atoms with Gasteiger partial charge in [0.05, 0.1) is 11.4 Å². The Bertz CT molecular complexity index is 1100. The van der Waals surface area contributed by atoms with Crippen molar-refractivity contribution in [2.24, 2.45) is 5.14 Å². The molecule has 0 saturated carbocycles. The van der Waals surface area contributed by atoms with Crippen molar-refractivity contribution in [3.63, 3.8) is 0 Å². The molecule has 3 aromatic rings. The zero-order chi connectivity index (χ0) is 19.4. The fraction of sp³-hybridized carbons (Fsp3) is 0.125. The van der Waals surface area contributed by atoms with Crippen LogP contribution in [-0.4, -0.2) is 40.4 Å². The highest BCUT2D eigenvalue weighted by atomic mass is 32.2. The third-order valence-electron chi connectivity index (χ3n) is 3.65. The number of hydrogen-bond donors (Lipinski definition) is 2. The van der Waals surface area contributed by atoms with Gasteiger partial charge < -0.3 is 5.32 Å². The largest absolute Gasteiger partial charge is 0.350 e. The van der Waals surface area contributed by atoms with E-state index in [0.29, 0.717) is 5.82 Å². The van der Waals surface area contributed by atoms with E-state index in [2.05, 4.69) is 15.5 Å². The van der Waals surface area contributed by atoms with Crippen molar-refractivity contribution in [1.29, 1.82) is 0 Å². The molecule has 11 heteroatoms. The minimum absolute atomic E-state index is 0.0785. The number of primary sulfonamides is 1. The molecule has 27 heavy (non-hydrogen) atoms. The Hall–Kier alpha value is -3.31. The van der Waals surface area contributed by atoms with Gasteiger partial charge in [-0.05, 0) is 36.4 Å². The standard InChI is InChI=1S/C16H16N6O4S/c17-27(25,26)13-4-2-12(3-5-13)16(24)18-9-11-22-15(23)7-6-14(20-22)21-10-1-8-19-21/h1-8,10H,9,11H2,(H,18,24)(H2,17,25,26). The van der Waals surface area contributed by atoms with Gasteiger partial charge in [-0.2, -0.15) is 5.10 Å². The number of nitrogens with two attached hydrogens (primary N) is 1. The van der Waals surface area contributed by atoms with Crippen LogP contribution < -0.4 is 16.0 Å². The summed E-state index contributed by atoms with van der Waals surface area (Å²) in [4.78, 5) is 23.9. The maximum Gasteiger partial charge on any atom is 0.266 e. The predicted molar refractivity (Wildman–Crippen MR) is 95.8 cm³/mol. The zero-order valence-electron chi connectivity index (χ0n) is 14.0. The predicted octanol–water partition coefficient (Wildman–Crippen LogP) is -0.494. The summed E-state index contributed by atoms with van der Waals surface area (Å²) in [5.74, 6) is 0.0664. The Morgan fingerprint density at radius 2 is 1.89 bits per heavy atom. The first kappa shape index (κ1) is 18.5. The van der Waals surface area contributed by atoms with E-state index in [0.717, 1.165) is 0 Å². The van der Waals surface area contributed by atoms with E-state index in [1.165, 1.54) is 39.7 Å². The molecule has 0 atom stereocenters. The monoisotopic (exact) mass is 388 g/mol. The Balaban J connectivity index is 1.63. The van der Waals surface area contributed by atoms with Crippen LogP contribution in [0.15, 0.2) is 64.5 Å². The van der Waals surface area contributed by atoms with Crippen LogP contribution in [0, 0.1) is 0 Å². The molecule has 3 rings (SSSR count). The number of amides is 1. The summed E-state index contributed by atoms with van der Waals surface area (Å²) in [6.45, 7) is 0.320. The number of rotatable bonds is 6. The Labute approximate surface area is 154 Å². The molecule has 140 valence electrons. The first-order chi connectivity index (χ1) is 12.8. The van der Waals surface area contributed by atoms with Gasteiger partial charge in [0.25, 0.3) is 11.5 Å². The molecule has 0 fully saturated rings. The second kappa shape index (κ2) is 7.51. The number of benzene rings is 1. The summed E-state index contributed by atoms with van der Waals surface area (Å²) in [6.07, 6.45) is 3.29. The van der Waals surface area contributed by atoms with Gasteiger partial charge in [-0.3, -0.25) is 9.59 Å². The van der Waals surface area contributed by atoms with Crippen LogP contribution in [-0.2, 0) is 16.6 Å². The normalized spacial score (nSPS) is 11.3. The lowest BCUT2D eigenvalue weighted by Gasteiger charge is -2.08. The second-order valence-corrected chi connectivity index (χ2v) is 7.09. The summed E-state index contributed by atoms with van der Waals surface area (Å²) < 4.78 is 25.2. The molecule has 1 amide bonds. The van der Waals surface area contributed by atoms with E-state index in [9.17, 15) is 18.0 Å². The molecule has 0 aliphatic heterocycles. The number of aromatic nitrogens is 4. The van der Waals surface area contributed by atoms with E-state index in [1.807, 2.05) is 0 Å². The number of carbonyl (C=O) groups excluding carboxylic acids is 1. The first-order valence-electron chi connectivity index (χ1n) is 7.84. The molecule has 2 aromatic heterocycles. The van der Waals surface area contributed by atoms with Crippen molar-refractivity contribution < 1.29 is 13.2 Å². The summed E-state index contributed by atoms with van der Waals surface area (Å²) >= 11 is 0. The van der Waals surface area contributed by atoms with E-state index in [-0.39, 0.29) is 29.1 Å². The van der Waals surface area contributed by atoms with E-state index in [1.54, 1.807) is 24.5 Å². The number of sulfonamides is 1. The van der Waals surface area contributed by atoms with E-state index >= 15 is 0 Å². The highest BCUT2D eigenvalue weighted by Crippen LogP contribution is 2.08. The third kappa shape index (κ3) is 4.46. The zero-order valence-corrected chi connectivity index (χ0v) is 14.8. The lowest BCUT2D eigenvalue weighted by atomic mass is 10.2. The van der Waals surface area contributed by atoms with Crippen LogP contribution in [0.5, 0.6) is 0 Å². The molecule has 0 saturated heterocycles. The van der Waals surface area contributed by atoms with Crippen molar-refractivity contribution in [2.45, 2.75) is 11.4 Å². The van der Waals surface area contributed by atoms with Crippen molar-refractivity contribution >= 4 is 15.9 Å². The molecule has 0 radical (unpaired) electrons. The van der Waals surface area contributed by atoms with Crippen LogP contribution in [0.25, 0.3) is 5.82 Å². The fourth-order valence-corrected chi connectivity index (χ4v) is 2.81. The van der Waals surface area contributed by atoms with Crippen molar-refractivity contribution in [3.05, 3.63) is 70.8 Å². The topological polar surface area (TPSA) is 142 Å². The maximum absolute atomic E-state index is 12.1. The lowest BCUT2D eigenvalue weighted by molar-refractivity contribution is 0.0951. The third-order valence-corrected chi connectivity index (χ3v) is 4.58. The van der Waals surface area contributed by atoms with Gasteiger partial charge in [-0.15, -0.1) is 5.10 Å². The van der Waals surface area contributed by atoms with E-state index in [4.69, 9.17) is 5.14 Å². The van der Waals surface area contributed by atoms with Gasteiger partial charge in [0, 0.05) is 30.6 Å². The smallest absolute Gasteiger partial charge is 0.266 e. The molecule has 0 aliphatic rings. The van der Waals surface area contributed by atoms with Gasteiger partial charge in [0.15, 0.2) is 5.82 Å². The minimum atomic E-state index is -3.81. The van der Waals surface area contributed by atoms with Crippen LogP contribution in [0.4, 0.5) is 0 Å². The van der Waals surface area contributed by atoms with E-state index < -0.39 is 15.9 Å². The van der Waals surface area contributed by atoms with Crippen molar-refractivity contribution in [3.8, 4) is 5.82 Å². The molecule has 0 aliphatic carbocycles. The number of nitrogens with one attached hydrogen (secondary N) is 1. The second-order valence-electron chi connectivity index (χ2n) is 5.53. The molecule has 0 spiro atoms. The quantitative estimate of drug-likeness (QED) is 0.583. The van der Waals surface area contributed by atoms with Gasteiger partial charge >= 0.3 is 0 Å². The highest BCUT2D eigenvalue weighted by molar-refractivity contribution is 7.89. The van der Waals surface area contributed by atoms with Gasteiger partial charge in [0.1, 0.15) is 0 Å². The van der Waals surface area contributed by atoms with Gasteiger partial charge in [-0.1, -0.05) is 0 Å². The fourth-order valence-electron chi connectivity index (χ4n) is 2.30. The average Bonchev–Trinajstić information content (AvgIpc) is 3.17. The average molecular weight is 388 g/mol. The maximum atomic E-state index is 12.1. The van der Waals surface area contributed by atoms with Crippen molar-refractivity contribution in [1.82, 2.24) is 24.9 Å².